The van der Waals surface area contributed by atoms with Crippen LogP contribution in [0.25, 0.3) is 10.8 Å². The van der Waals surface area contributed by atoms with E-state index in [4.69, 9.17) is 9.72 Å². The highest BCUT2D eigenvalue weighted by Gasteiger charge is 2.43. The Hall–Kier alpha value is -3.50. The van der Waals surface area contributed by atoms with Crippen molar-refractivity contribution in [3.05, 3.63) is 114 Å². The first-order valence-electron chi connectivity index (χ1n) is 11.1. The lowest BCUT2D eigenvalue weighted by Crippen LogP contribution is -2.49. The lowest BCUT2D eigenvalue weighted by molar-refractivity contribution is -0.0649. The molecule has 4 nitrogen and oxygen atoms in total. The van der Waals surface area contributed by atoms with Crippen molar-refractivity contribution < 1.29 is 9.53 Å². The van der Waals surface area contributed by atoms with Crippen LogP contribution in [-0.4, -0.2) is 28.9 Å². The predicted octanol–water partition coefficient (Wildman–Crippen LogP) is 5.58. The van der Waals surface area contributed by atoms with Crippen molar-refractivity contribution in [2.45, 2.75) is 25.0 Å². The second-order valence-electron chi connectivity index (χ2n) is 8.43. The van der Waals surface area contributed by atoms with Gasteiger partial charge in [-0.05, 0) is 48.5 Å². The van der Waals surface area contributed by atoms with E-state index < -0.39 is 5.60 Å². The molecule has 1 aromatic heterocycles. The molecule has 0 bridgehead atoms. The number of esters is 1. The van der Waals surface area contributed by atoms with E-state index in [1.807, 2.05) is 48.7 Å². The van der Waals surface area contributed by atoms with E-state index in [0.717, 1.165) is 42.4 Å². The van der Waals surface area contributed by atoms with Crippen molar-refractivity contribution in [3.63, 3.8) is 0 Å². The number of fused-ring (bicyclic) bond motifs is 1. The van der Waals surface area contributed by atoms with Crippen LogP contribution in [0.2, 0.25) is 0 Å². The third-order valence-electron chi connectivity index (χ3n) is 6.19. The first-order chi connectivity index (χ1) is 15.7. The molecular formula is C28H26N2O2. The molecule has 1 unspecified atom stereocenters. The number of likely N-dealkylation sites (tertiary alicyclic amines) is 1. The van der Waals surface area contributed by atoms with Gasteiger partial charge in [-0.2, -0.15) is 0 Å². The third kappa shape index (κ3) is 4.14. The van der Waals surface area contributed by atoms with Crippen molar-refractivity contribution in [1.82, 2.24) is 9.88 Å². The molecule has 1 fully saturated rings. The van der Waals surface area contributed by atoms with E-state index in [-0.39, 0.29) is 5.97 Å². The molecule has 0 N–H and O–H groups in total. The Kier molecular flexibility index (Phi) is 5.70. The minimum absolute atomic E-state index is 0.304. The van der Waals surface area contributed by atoms with Gasteiger partial charge >= 0.3 is 5.97 Å². The summed E-state index contributed by atoms with van der Waals surface area (Å²) < 4.78 is 6.38. The average Bonchev–Trinajstić information content (AvgIpc) is 2.85. The maximum absolute atomic E-state index is 13.2. The molecule has 0 radical (unpaired) electrons. The molecule has 2 heterocycles. The van der Waals surface area contributed by atoms with Gasteiger partial charge in [-0.1, -0.05) is 72.8 Å². The summed E-state index contributed by atoms with van der Waals surface area (Å²) in [4.78, 5) is 20.4. The predicted molar refractivity (Wildman–Crippen MR) is 126 cm³/mol. The van der Waals surface area contributed by atoms with Gasteiger partial charge < -0.3 is 4.74 Å². The molecule has 1 aliphatic heterocycles. The van der Waals surface area contributed by atoms with Gasteiger partial charge in [0.05, 0.1) is 11.3 Å². The number of pyridine rings is 1. The highest BCUT2D eigenvalue weighted by Crippen LogP contribution is 2.39. The number of piperidine rings is 1. The van der Waals surface area contributed by atoms with Crippen LogP contribution in [0.15, 0.2) is 97.2 Å². The summed E-state index contributed by atoms with van der Waals surface area (Å²) in [6.45, 7) is 2.39. The number of nitrogens with zero attached hydrogens (tertiary/aromatic N) is 2. The van der Waals surface area contributed by atoms with Gasteiger partial charge in [0.25, 0.3) is 0 Å². The van der Waals surface area contributed by atoms with Crippen LogP contribution in [0.3, 0.4) is 0 Å². The van der Waals surface area contributed by atoms with Crippen molar-refractivity contribution >= 4 is 16.7 Å². The van der Waals surface area contributed by atoms with Crippen LogP contribution < -0.4 is 0 Å². The highest BCUT2D eigenvalue weighted by atomic mass is 16.6. The molecule has 0 saturated carbocycles. The van der Waals surface area contributed by atoms with E-state index >= 15 is 0 Å². The highest BCUT2D eigenvalue weighted by molar-refractivity contribution is 5.90. The second kappa shape index (κ2) is 8.93. The summed E-state index contributed by atoms with van der Waals surface area (Å²) in [7, 11) is 0. The Labute approximate surface area is 188 Å². The summed E-state index contributed by atoms with van der Waals surface area (Å²) in [6, 6.07) is 29.9. The normalized spacial score (nSPS) is 19.0. The zero-order valence-corrected chi connectivity index (χ0v) is 18.0. The molecule has 0 amide bonds. The molecule has 32 heavy (non-hydrogen) atoms. The minimum Gasteiger partial charge on any atom is -0.448 e. The fourth-order valence-corrected chi connectivity index (χ4v) is 4.70. The largest absolute Gasteiger partial charge is 0.448 e. The Balaban J connectivity index is 1.54. The molecule has 1 aliphatic rings. The van der Waals surface area contributed by atoms with Gasteiger partial charge in [0.2, 0.25) is 0 Å². The maximum Gasteiger partial charge on any atom is 0.339 e. The van der Waals surface area contributed by atoms with Crippen LogP contribution in [0.4, 0.5) is 0 Å². The van der Waals surface area contributed by atoms with E-state index in [1.165, 1.54) is 5.56 Å². The molecule has 0 aliphatic carbocycles. The molecule has 160 valence electrons. The van der Waals surface area contributed by atoms with Crippen molar-refractivity contribution in [2.75, 3.05) is 13.1 Å². The first-order valence-corrected chi connectivity index (χ1v) is 11.1. The number of carbonyl (C=O) groups is 1. The van der Waals surface area contributed by atoms with Crippen molar-refractivity contribution in [2.24, 2.45) is 0 Å². The number of hydrogen-bond acceptors (Lipinski definition) is 4. The van der Waals surface area contributed by atoms with Crippen LogP contribution >= 0.6 is 0 Å². The standard InChI is InChI=1S/C28H26N2O2/c31-27(24-13-5-2-6-14-24)32-28(26-25-15-8-7-12-23(25)16-18-29-26)17-9-19-30(21-28)20-22-10-3-1-4-11-22/h1-8,10-16,18H,9,17,19-21H2. The number of benzene rings is 3. The van der Waals surface area contributed by atoms with Gasteiger partial charge in [-0.15, -0.1) is 0 Å². The summed E-state index contributed by atoms with van der Waals surface area (Å²) in [5.74, 6) is -0.304. The molecule has 1 saturated heterocycles. The van der Waals surface area contributed by atoms with Crippen LogP contribution in [0.5, 0.6) is 0 Å². The fourth-order valence-electron chi connectivity index (χ4n) is 4.70. The van der Waals surface area contributed by atoms with Crippen molar-refractivity contribution in [1.29, 1.82) is 0 Å². The Bertz CT molecular complexity index is 1200. The molecule has 3 aromatic carbocycles. The number of aromatic nitrogens is 1. The lowest BCUT2D eigenvalue weighted by Gasteiger charge is -2.42. The molecular weight excluding hydrogens is 396 g/mol. The molecule has 0 spiro atoms. The zero-order chi connectivity index (χ0) is 21.8. The Morgan fingerprint density at radius 2 is 1.62 bits per heavy atom. The van der Waals surface area contributed by atoms with Gasteiger partial charge in [-0.25, -0.2) is 4.79 Å². The molecule has 5 rings (SSSR count). The monoisotopic (exact) mass is 422 g/mol. The van der Waals surface area contributed by atoms with E-state index in [2.05, 4.69) is 41.3 Å². The van der Waals surface area contributed by atoms with E-state index in [9.17, 15) is 4.79 Å². The van der Waals surface area contributed by atoms with E-state index in [1.54, 1.807) is 12.1 Å². The van der Waals surface area contributed by atoms with Gasteiger partial charge in [-0.3, -0.25) is 9.88 Å². The summed E-state index contributed by atoms with van der Waals surface area (Å²) >= 11 is 0. The van der Waals surface area contributed by atoms with Crippen LogP contribution in [0.1, 0.15) is 34.5 Å². The third-order valence-corrected chi connectivity index (χ3v) is 6.19. The number of ether oxygens (including phenoxy) is 1. The minimum atomic E-state index is -0.805. The van der Waals surface area contributed by atoms with Crippen LogP contribution in [-0.2, 0) is 16.9 Å². The molecule has 1 atom stereocenters. The topological polar surface area (TPSA) is 42.4 Å². The first kappa shape index (κ1) is 20.4. The van der Waals surface area contributed by atoms with Crippen molar-refractivity contribution in [3.8, 4) is 0 Å². The number of rotatable bonds is 5. The van der Waals surface area contributed by atoms with Gasteiger partial charge in [0.15, 0.2) is 5.60 Å². The Morgan fingerprint density at radius 1 is 0.906 bits per heavy atom. The summed E-state index contributed by atoms with van der Waals surface area (Å²) in [6.07, 6.45) is 3.50. The van der Waals surface area contributed by atoms with Gasteiger partial charge in [0, 0.05) is 24.7 Å². The van der Waals surface area contributed by atoms with Gasteiger partial charge in [0.1, 0.15) is 0 Å². The number of carbonyl (C=O) groups excluding carboxylic acids is 1. The lowest BCUT2D eigenvalue weighted by atomic mass is 9.86. The molecule has 4 heteroatoms. The smallest absolute Gasteiger partial charge is 0.339 e. The average molecular weight is 423 g/mol. The fraction of sp³-hybridized carbons (Fsp3) is 0.214. The SMILES string of the molecule is O=C(OC1(c2nccc3ccccc23)CCCN(Cc2ccccc2)C1)c1ccccc1. The zero-order valence-electron chi connectivity index (χ0n) is 18.0. The Morgan fingerprint density at radius 3 is 2.44 bits per heavy atom. The summed E-state index contributed by atoms with van der Waals surface area (Å²) in [5.41, 5.74) is 1.86. The quantitative estimate of drug-likeness (QED) is 0.394. The second-order valence-corrected chi connectivity index (χ2v) is 8.43. The maximum atomic E-state index is 13.2. The van der Waals surface area contributed by atoms with Crippen LogP contribution in [0, 0.1) is 0 Å². The number of hydrogen-bond donors (Lipinski definition) is 0. The van der Waals surface area contributed by atoms with E-state index in [0.29, 0.717) is 12.1 Å². The molecule has 4 aromatic rings. The summed E-state index contributed by atoms with van der Waals surface area (Å²) in [5, 5.41) is 2.14.